The molecule has 25 heavy (non-hydrogen) atoms. The molecule has 0 aliphatic carbocycles. The Balaban J connectivity index is 1.78. The van der Waals surface area contributed by atoms with Gasteiger partial charge in [0.05, 0.1) is 5.57 Å². The van der Waals surface area contributed by atoms with E-state index in [-0.39, 0.29) is 11.9 Å². The Kier molecular flexibility index (Phi) is 3.81. The second-order valence-corrected chi connectivity index (χ2v) is 6.68. The maximum absolute atomic E-state index is 13.0. The van der Waals surface area contributed by atoms with Crippen molar-refractivity contribution in [3.63, 3.8) is 0 Å². The van der Waals surface area contributed by atoms with Crippen LogP contribution in [-0.2, 0) is 4.79 Å². The highest BCUT2D eigenvalue weighted by Crippen LogP contribution is 2.38. The Labute approximate surface area is 148 Å². The van der Waals surface area contributed by atoms with Gasteiger partial charge in [0, 0.05) is 16.8 Å². The van der Waals surface area contributed by atoms with Crippen LogP contribution in [0.4, 0.5) is 11.8 Å². The van der Waals surface area contributed by atoms with Crippen molar-refractivity contribution < 1.29 is 4.79 Å². The molecule has 0 spiro atoms. The maximum Gasteiger partial charge on any atom is 0.257 e. The first kappa shape index (κ1) is 15.5. The molecule has 1 amide bonds. The molecule has 0 saturated heterocycles. The van der Waals surface area contributed by atoms with E-state index in [1.165, 1.54) is 6.33 Å². The lowest BCUT2D eigenvalue weighted by Gasteiger charge is -2.28. The Morgan fingerprint density at radius 1 is 1.28 bits per heavy atom. The van der Waals surface area contributed by atoms with Gasteiger partial charge in [0.25, 0.3) is 5.91 Å². The summed E-state index contributed by atoms with van der Waals surface area (Å²) in [6.07, 6.45) is 3.14. The van der Waals surface area contributed by atoms with Crippen LogP contribution in [0, 0.1) is 6.92 Å². The fourth-order valence-corrected chi connectivity index (χ4v) is 3.93. The molecule has 4 rings (SSSR count). The lowest BCUT2D eigenvalue weighted by atomic mass is 9.99. The summed E-state index contributed by atoms with van der Waals surface area (Å²) in [5.74, 6) is 0.936. The molecule has 1 unspecified atom stereocenters. The third kappa shape index (κ3) is 2.70. The van der Waals surface area contributed by atoms with E-state index in [4.69, 9.17) is 0 Å². The summed E-state index contributed by atoms with van der Waals surface area (Å²) in [5.41, 5.74) is 2.48. The second kappa shape index (κ2) is 6.14. The van der Waals surface area contributed by atoms with Crippen molar-refractivity contribution in [2.24, 2.45) is 0 Å². The smallest absolute Gasteiger partial charge is 0.257 e. The molecule has 1 atom stereocenters. The molecule has 1 aliphatic rings. The van der Waals surface area contributed by atoms with Crippen molar-refractivity contribution in [2.45, 2.75) is 19.9 Å². The Morgan fingerprint density at radius 3 is 2.88 bits per heavy atom. The van der Waals surface area contributed by atoms with E-state index in [1.807, 2.05) is 37.4 Å². The first-order valence-electron chi connectivity index (χ1n) is 7.79. The summed E-state index contributed by atoms with van der Waals surface area (Å²) in [6, 6.07) is 7.13. The summed E-state index contributed by atoms with van der Waals surface area (Å²) >= 11 is 1.61. The number of allylic oxidation sites excluding steroid dienone is 1. The third-order valence-corrected chi connectivity index (χ3v) is 5.17. The van der Waals surface area contributed by atoms with Gasteiger partial charge in [-0.3, -0.25) is 4.79 Å². The summed E-state index contributed by atoms with van der Waals surface area (Å²) in [6.45, 7) is 3.91. The molecule has 0 aromatic carbocycles. The van der Waals surface area contributed by atoms with Gasteiger partial charge >= 0.3 is 0 Å². The van der Waals surface area contributed by atoms with Crippen LogP contribution in [-0.4, -0.2) is 25.7 Å². The Bertz CT molecular complexity index is 958. The normalized spacial score (nSPS) is 16.3. The number of carbonyl (C=O) groups excluding carboxylic acids is 1. The minimum atomic E-state index is -0.317. The highest BCUT2D eigenvalue weighted by molar-refractivity contribution is 7.10. The number of anilines is 2. The van der Waals surface area contributed by atoms with E-state index < -0.39 is 0 Å². The fourth-order valence-electron chi connectivity index (χ4n) is 2.91. The van der Waals surface area contributed by atoms with Gasteiger partial charge in [-0.2, -0.15) is 10.1 Å². The number of aryl methyl sites for hydroxylation is 1. The average Bonchev–Trinajstić information content (AvgIpc) is 3.23. The molecule has 0 fully saturated rings. The van der Waals surface area contributed by atoms with Crippen LogP contribution >= 0.6 is 11.3 Å². The minimum absolute atomic E-state index is 0.206. The van der Waals surface area contributed by atoms with Crippen molar-refractivity contribution >= 4 is 29.0 Å². The number of rotatable bonds is 3. The quantitative estimate of drug-likeness (QED) is 0.757. The maximum atomic E-state index is 13.0. The zero-order chi connectivity index (χ0) is 17.4. The van der Waals surface area contributed by atoms with Crippen molar-refractivity contribution in [1.29, 1.82) is 0 Å². The van der Waals surface area contributed by atoms with Gasteiger partial charge in [-0.15, -0.1) is 11.3 Å². The first-order chi connectivity index (χ1) is 12.1. The minimum Gasteiger partial charge on any atom is -0.328 e. The van der Waals surface area contributed by atoms with Gasteiger partial charge in [0.15, 0.2) is 0 Å². The van der Waals surface area contributed by atoms with E-state index in [0.717, 1.165) is 16.1 Å². The molecule has 7 nitrogen and oxygen atoms in total. The van der Waals surface area contributed by atoms with Crippen molar-refractivity contribution in [1.82, 2.24) is 19.7 Å². The molecular weight excluding hydrogens is 336 g/mol. The van der Waals surface area contributed by atoms with E-state index in [0.29, 0.717) is 17.3 Å². The Morgan fingerprint density at radius 2 is 2.16 bits per heavy atom. The van der Waals surface area contributed by atoms with E-state index in [1.54, 1.807) is 28.3 Å². The van der Waals surface area contributed by atoms with Gasteiger partial charge in [0.1, 0.15) is 18.2 Å². The molecule has 3 aromatic rings. The van der Waals surface area contributed by atoms with Crippen LogP contribution < -0.4 is 10.6 Å². The number of carbonyl (C=O) groups is 1. The van der Waals surface area contributed by atoms with Crippen molar-refractivity contribution in [3.8, 4) is 0 Å². The molecule has 126 valence electrons. The standard InChI is InChI=1S/C17H16N6OS/c1-10-6-8-25-15(10)14-13(11(2)21-17-19-9-20-23(14)17)16(24)22-12-5-3-4-7-18-12/h3-9,14H,1-2H3,(H,18,22,24)(H,19,20,21). The number of aromatic nitrogens is 4. The average molecular weight is 352 g/mol. The molecule has 0 bridgehead atoms. The predicted octanol–water partition coefficient (Wildman–Crippen LogP) is 2.97. The molecule has 3 aromatic heterocycles. The summed E-state index contributed by atoms with van der Waals surface area (Å²) < 4.78 is 1.75. The lowest BCUT2D eigenvalue weighted by molar-refractivity contribution is -0.113. The second-order valence-electron chi connectivity index (χ2n) is 5.73. The van der Waals surface area contributed by atoms with Crippen LogP contribution in [0.25, 0.3) is 0 Å². The monoisotopic (exact) mass is 352 g/mol. The van der Waals surface area contributed by atoms with Gasteiger partial charge in [0.2, 0.25) is 5.95 Å². The topological polar surface area (TPSA) is 84.7 Å². The summed E-state index contributed by atoms with van der Waals surface area (Å²) in [5, 5.41) is 12.4. The van der Waals surface area contributed by atoms with Gasteiger partial charge in [-0.05, 0) is 43.0 Å². The predicted molar refractivity (Wildman–Crippen MR) is 96.4 cm³/mol. The number of fused-ring (bicyclic) bond motifs is 1. The van der Waals surface area contributed by atoms with Crippen molar-refractivity contribution in [2.75, 3.05) is 10.6 Å². The van der Waals surface area contributed by atoms with Gasteiger partial charge in [-0.1, -0.05) is 6.07 Å². The highest BCUT2D eigenvalue weighted by atomic mass is 32.1. The lowest BCUT2D eigenvalue weighted by Crippen LogP contribution is -2.31. The first-order valence-corrected chi connectivity index (χ1v) is 8.67. The highest BCUT2D eigenvalue weighted by Gasteiger charge is 2.34. The summed E-state index contributed by atoms with van der Waals surface area (Å²) in [7, 11) is 0. The number of hydrogen-bond acceptors (Lipinski definition) is 6. The molecule has 0 radical (unpaired) electrons. The molecule has 8 heteroatoms. The fraction of sp³-hybridized carbons (Fsp3) is 0.176. The van der Waals surface area contributed by atoms with Crippen LogP contribution in [0.2, 0.25) is 0 Å². The van der Waals surface area contributed by atoms with Gasteiger partial charge < -0.3 is 10.6 Å². The number of pyridine rings is 1. The van der Waals surface area contributed by atoms with E-state index in [9.17, 15) is 4.79 Å². The zero-order valence-corrected chi connectivity index (χ0v) is 14.5. The number of thiophene rings is 1. The summed E-state index contributed by atoms with van der Waals surface area (Å²) in [4.78, 5) is 22.5. The largest absolute Gasteiger partial charge is 0.328 e. The number of hydrogen-bond donors (Lipinski definition) is 2. The number of nitrogens with one attached hydrogen (secondary N) is 2. The third-order valence-electron chi connectivity index (χ3n) is 4.10. The van der Waals surface area contributed by atoms with E-state index >= 15 is 0 Å². The molecular formula is C17H16N6OS. The number of amides is 1. The Hall–Kier alpha value is -3.00. The molecule has 1 aliphatic heterocycles. The van der Waals surface area contributed by atoms with Crippen LogP contribution in [0.5, 0.6) is 0 Å². The van der Waals surface area contributed by atoms with E-state index in [2.05, 4.69) is 25.7 Å². The zero-order valence-electron chi connectivity index (χ0n) is 13.7. The van der Waals surface area contributed by atoms with Crippen LogP contribution in [0.3, 0.4) is 0 Å². The van der Waals surface area contributed by atoms with Crippen LogP contribution in [0.15, 0.2) is 53.4 Å². The van der Waals surface area contributed by atoms with Crippen LogP contribution in [0.1, 0.15) is 23.4 Å². The molecule has 4 heterocycles. The number of nitrogens with zero attached hydrogens (tertiary/aromatic N) is 4. The van der Waals surface area contributed by atoms with Crippen molar-refractivity contribution in [3.05, 3.63) is 63.9 Å². The molecule has 2 N–H and O–H groups in total. The SMILES string of the molecule is CC1=C(C(=O)Nc2ccccn2)C(c2sccc2C)n2ncnc2N1. The molecule has 0 saturated carbocycles. The van der Waals surface area contributed by atoms with Gasteiger partial charge in [-0.25, -0.2) is 9.67 Å².